The molecule has 6 nitrogen and oxygen atoms in total. The monoisotopic (exact) mass is 296 g/mol. The zero-order chi connectivity index (χ0) is 15.7. The van der Waals surface area contributed by atoms with Gasteiger partial charge in [0.2, 0.25) is 0 Å². The number of rotatable bonds is 3. The van der Waals surface area contributed by atoms with Crippen LogP contribution >= 0.6 is 0 Å². The molecule has 114 valence electrons. The lowest BCUT2D eigenvalue weighted by molar-refractivity contribution is -0.385. The van der Waals surface area contributed by atoms with Crippen molar-refractivity contribution in [2.45, 2.75) is 45.2 Å². The molecule has 0 bridgehead atoms. The van der Waals surface area contributed by atoms with Gasteiger partial charge >= 0.3 is 5.97 Å². The summed E-state index contributed by atoms with van der Waals surface area (Å²) in [4.78, 5) is 23.0. The minimum atomic E-state index is -1.43. The predicted octanol–water partition coefficient (Wildman–Crippen LogP) is 3.20. The lowest BCUT2D eigenvalue weighted by Crippen LogP contribution is -2.44. The third kappa shape index (κ3) is 2.81. The molecule has 0 radical (unpaired) electrons. The summed E-state index contributed by atoms with van der Waals surface area (Å²) in [6.45, 7) is 3.88. The van der Waals surface area contributed by atoms with Crippen molar-refractivity contribution in [1.29, 1.82) is 0 Å². The number of nitro groups is 1. The van der Waals surface area contributed by atoms with Gasteiger partial charge in [0.25, 0.3) is 5.69 Å². The summed E-state index contributed by atoms with van der Waals surface area (Å²) < 4.78 is 14.2. The fourth-order valence-corrected chi connectivity index (χ4v) is 2.97. The highest BCUT2D eigenvalue weighted by atomic mass is 19.1. The van der Waals surface area contributed by atoms with Crippen molar-refractivity contribution in [2.75, 3.05) is 4.90 Å². The molecule has 1 saturated heterocycles. The Kier molecular flexibility index (Phi) is 4.11. The Morgan fingerprint density at radius 3 is 2.43 bits per heavy atom. The van der Waals surface area contributed by atoms with E-state index in [0.717, 1.165) is 25.3 Å². The first kappa shape index (κ1) is 15.2. The first-order chi connectivity index (χ1) is 9.82. The Bertz CT molecular complexity index is 581. The number of halogens is 1. The molecule has 1 aromatic rings. The number of benzene rings is 1. The van der Waals surface area contributed by atoms with E-state index >= 15 is 0 Å². The molecule has 0 aliphatic carbocycles. The van der Waals surface area contributed by atoms with Gasteiger partial charge in [-0.05, 0) is 39.2 Å². The van der Waals surface area contributed by atoms with E-state index in [1.807, 2.05) is 18.7 Å². The number of hydrogen-bond acceptors (Lipinski definition) is 4. The van der Waals surface area contributed by atoms with Crippen LogP contribution in [0.5, 0.6) is 0 Å². The van der Waals surface area contributed by atoms with E-state index in [0.29, 0.717) is 6.07 Å². The number of nitrogens with zero attached hydrogens (tertiary/aromatic N) is 2. The zero-order valence-corrected chi connectivity index (χ0v) is 11.9. The average molecular weight is 296 g/mol. The number of carboxylic acid groups (broad SMARTS) is 1. The van der Waals surface area contributed by atoms with Crippen LogP contribution in [0.1, 0.15) is 43.5 Å². The lowest BCUT2D eigenvalue weighted by Gasteiger charge is -2.41. The maximum atomic E-state index is 14.2. The molecule has 1 aliphatic rings. The third-order valence-corrected chi connectivity index (χ3v) is 3.96. The lowest BCUT2D eigenvalue weighted by atomic mass is 9.96. The fraction of sp³-hybridized carbons (Fsp3) is 0.500. The Balaban J connectivity index is 2.56. The molecule has 7 heteroatoms. The minimum Gasteiger partial charge on any atom is -0.477 e. The molecule has 1 heterocycles. The second-order valence-corrected chi connectivity index (χ2v) is 5.42. The fourth-order valence-electron chi connectivity index (χ4n) is 2.97. The van der Waals surface area contributed by atoms with E-state index in [1.54, 1.807) is 0 Å². The summed E-state index contributed by atoms with van der Waals surface area (Å²) in [7, 11) is 0. The number of piperidine rings is 1. The van der Waals surface area contributed by atoms with E-state index in [-0.39, 0.29) is 17.8 Å². The Morgan fingerprint density at radius 1 is 1.38 bits per heavy atom. The van der Waals surface area contributed by atoms with Crippen molar-refractivity contribution < 1.29 is 19.2 Å². The second kappa shape index (κ2) is 5.67. The van der Waals surface area contributed by atoms with Gasteiger partial charge in [0, 0.05) is 12.1 Å². The van der Waals surface area contributed by atoms with Crippen LogP contribution in [0.2, 0.25) is 0 Å². The summed E-state index contributed by atoms with van der Waals surface area (Å²) >= 11 is 0. The topological polar surface area (TPSA) is 83.7 Å². The predicted molar refractivity (Wildman–Crippen MR) is 75.3 cm³/mol. The quantitative estimate of drug-likeness (QED) is 0.684. The van der Waals surface area contributed by atoms with E-state index in [9.17, 15) is 19.3 Å². The molecule has 2 rings (SSSR count). The molecular formula is C14H17FN2O4. The first-order valence-electron chi connectivity index (χ1n) is 6.82. The van der Waals surface area contributed by atoms with Crippen LogP contribution < -0.4 is 4.90 Å². The molecule has 1 aliphatic heterocycles. The number of aromatic carboxylic acids is 1. The molecule has 0 aromatic heterocycles. The molecule has 2 atom stereocenters. The summed E-state index contributed by atoms with van der Waals surface area (Å²) in [5, 5.41) is 20.0. The van der Waals surface area contributed by atoms with Gasteiger partial charge in [0.05, 0.1) is 16.7 Å². The van der Waals surface area contributed by atoms with Crippen LogP contribution in [-0.4, -0.2) is 28.1 Å². The van der Waals surface area contributed by atoms with Gasteiger partial charge in [-0.15, -0.1) is 0 Å². The molecule has 0 saturated carbocycles. The molecule has 1 N–H and O–H groups in total. The molecule has 0 spiro atoms. The Morgan fingerprint density at radius 2 is 1.95 bits per heavy atom. The van der Waals surface area contributed by atoms with E-state index in [1.165, 1.54) is 0 Å². The van der Waals surface area contributed by atoms with Crippen molar-refractivity contribution in [1.82, 2.24) is 0 Å². The number of carboxylic acids is 1. The third-order valence-electron chi connectivity index (χ3n) is 3.96. The number of carbonyl (C=O) groups is 1. The van der Waals surface area contributed by atoms with Crippen molar-refractivity contribution in [2.24, 2.45) is 0 Å². The summed E-state index contributed by atoms with van der Waals surface area (Å²) in [6, 6.07) is 1.90. The van der Waals surface area contributed by atoms with Gasteiger partial charge < -0.3 is 10.0 Å². The highest BCUT2D eigenvalue weighted by Gasteiger charge is 2.31. The Labute approximate surface area is 121 Å². The van der Waals surface area contributed by atoms with Crippen molar-refractivity contribution in [3.63, 3.8) is 0 Å². The maximum Gasteiger partial charge on any atom is 0.342 e. The average Bonchev–Trinajstić information content (AvgIpc) is 2.39. The Hall–Kier alpha value is -2.18. The largest absolute Gasteiger partial charge is 0.477 e. The molecule has 2 unspecified atom stereocenters. The van der Waals surface area contributed by atoms with E-state index < -0.39 is 28.0 Å². The standard InChI is InChI=1S/C14H17FN2O4/c1-8-4-3-5-9(2)16(8)13-6-10(14(18)19)12(17(20)21)7-11(13)15/h6-9H,3-5H2,1-2H3,(H,18,19). The van der Waals surface area contributed by atoms with Crippen LogP contribution in [0.15, 0.2) is 12.1 Å². The first-order valence-corrected chi connectivity index (χ1v) is 6.82. The SMILES string of the molecule is CC1CCCC(C)N1c1cc(C(=O)O)c([N+](=O)[O-])cc1F. The second-order valence-electron chi connectivity index (χ2n) is 5.42. The number of anilines is 1. The number of nitro benzene ring substituents is 1. The van der Waals surface area contributed by atoms with Crippen molar-refractivity contribution in [3.8, 4) is 0 Å². The van der Waals surface area contributed by atoms with Crippen LogP contribution in [0.4, 0.5) is 15.8 Å². The van der Waals surface area contributed by atoms with Crippen molar-refractivity contribution in [3.05, 3.63) is 33.6 Å². The van der Waals surface area contributed by atoms with Gasteiger partial charge in [-0.25, -0.2) is 9.18 Å². The van der Waals surface area contributed by atoms with Gasteiger partial charge in [0.1, 0.15) is 5.56 Å². The van der Waals surface area contributed by atoms with Crippen LogP contribution in [0.25, 0.3) is 0 Å². The highest BCUT2D eigenvalue weighted by Crippen LogP contribution is 2.34. The van der Waals surface area contributed by atoms with Gasteiger partial charge in [-0.2, -0.15) is 0 Å². The summed E-state index contributed by atoms with van der Waals surface area (Å²) in [5.74, 6) is -2.19. The minimum absolute atomic E-state index is 0.0614. The van der Waals surface area contributed by atoms with E-state index in [4.69, 9.17) is 5.11 Å². The van der Waals surface area contributed by atoms with Crippen LogP contribution in [-0.2, 0) is 0 Å². The summed E-state index contributed by atoms with van der Waals surface area (Å²) in [6.07, 6.45) is 2.78. The molecule has 1 aromatic carbocycles. The molecule has 21 heavy (non-hydrogen) atoms. The molecular weight excluding hydrogens is 279 g/mol. The highest BCUT2D eigenvalue weighted by molar-refractivity contribution is 5.93. The maximum absolute atomic E-state index is 14.2. The molecule has 0 amide bonds. The van der Waals surface area contributed by atoms with Crippen LogP contribution in [0, 0.1) is 15.9 Å². The van der Waals surface area contributed by atoms with Gasteiger partial charge in [-0.3, -0.25) is 10.1 Å². The van der Waals surface area contributed by atoms with Crippen molar-refractivity contribution >= 4 is 17.3 Å². The molecule has 1 fully saturated rings. The van der Waals surface area contributed by atoms with Gasteiger partial charge in [0.15, 0.2) is 5.82 Å². The summed E-state index contributed by atoms with van der Waals surface area (Å²) in [5.41, 5.74) is -1.08. The normalized spacial score (nSPS) is 22.1. The van der Waals surface area contributed by atoms with Crippen LogP contribution in [0.3, 0.4) is 0 Å². The zero-order valence-electron chi connectivity index (χ0n) is 11.9. The van der Waals surface area contributed by atoms with Gasteiger partial charge in [-0.1, -0.05) is 0 Å². The van der Waals surface area contributed by atoms with E-state index in [2.05, 4.69) is 0 Å². The number of hydrogen-bond donors (Lipinski definition) is 1. The smallest absolute Gasteiger partial charge is 0.342 e.